The van der Waals surface area contributed by atoms with E-state index < -0.39 is 11.5 Å². The molecule has 0 radical (unpaired) electrons. The quantitative estimate of drug-likeness (QED) is 0.784. The van der Waals surface area contributed by atoms with Gasteiger partial charge in [-0.1, -0.05) is 6.07 Å². The third-order valence-electron chi connectivity index (χ3n) is 7.26. The lowest BCUT2D eigenvalue weighted by Crippen LogP contribution is -2.52. The van der Waals surface area contributed by atoms with Gasteiger partial charge in [0.15, 0.2) is 5.78 Å². The molecule has 1 amide bonds. The third kappa shape index (κ3) is 2.45. The minimum Gasteiger partial charge on any atom is -0.375 e. The van der Waals surface area contributed by atoms with Crippen LogP contribution in [0.1, 0.15) is 72.3 Å². The first-order valence-electron chi connectivity index (χ1n) is 9.86. The number of carbonyl (C=O) groups excluding carboxylic acids is 2. The van der Waals surface area contributed by atoms with Crippen LogP contribution in [0, 0.1) is 27.7 Å². The van der Waals surface area contributed by atoms with Crippen LogP contribution in [-0.4, -0.2) is 29.4 Å². The Morgan fingerprint density at radius 2 is 1.65 bits per heavy atom. The molecule has 0 aromatic heterocycles. The number of nitrogens with one attached hydrogen (secondary N) is 1. The molecule has 1 aromatic rings. The minimum absolute atomic E-state index is 0.0410. The Hall–Kier alpha value is -1.68. The van der Waals surface area contributed by atoms with E-state index in [4.69, 9.17) is 4.74 Å². The van der Waals surface area contributed by atoms with Crippen molar-refractivity contribution in [3.8, 4) is 0 Å². The van der Waals surface area contributed by atoms with Crippen molar-refractivity contribution in [1.29, 1.82) is 0 Å². The highest BCUT2D eigenvalue weighted by Gasteiger charge is 2.57. The van der Waals surface area contributed by atoms with E-state index in [0.29, 0.717) is 12.8 Å². The van der Waals surface area contributed by atoms with Gasteiger partial charge in [0.05, 0.1) is 11.1 Å². The molecule has 4 heteroatoms. The van der Waals surface area contributed by atoms with E-state index in [-0.39, 0.29) is 17.3 Å². The van der Waals surface area contributed by atoms with Crippen LogP contribution in [0.25, 0.3) is 0 Å². The summed E-state index contributed by atoms with van der Waals surface area (Å²) in [5.74, 6) is -0.703. The van der Waals surface area contributed by atoms with Gasteiger partial charge in [0.1, 0.15) is 5.92 Å². The molecular weight excluding hydrogens is 326 g/mol. The van der Waals surface area contributed by atoms with Crippen molar-refractivity contribution in [2.75, 3.05) is 6.61 Å². The molecule has 2 spiro atoms. The molecule has 1 unspecified atom stereocenters. The monoisotopic (exact) mass is 355 g/mol. The van der Waals surface area contributed by atoms with Gasteiger partial charge in [-0.25, -0.2) is 0 Å². The standard InChI is InChI=1S/C22H29NO3/c1-13-12-14(2)17(16(4)15(13)3)18-19(24)22(23-20(18)25)9-7-21(8-10-22)6-5-11-26-21/h12,18H,5-11H2,1-4H3,(H,23,25). The van der Waals surface area contributed by atoms with Crippen molar-refractivity contribution >= 4 is 11.7 Å². The fourth-order valence-electron chi connectivity index (χ4n) is 5.43. The van der Waals surface area contributed by atoms with E-state index in [2.05, 4.69) is 25.2 Å². The van der Waals surface area contributed by atoms with Crippen LogP contribution in [-0.2, 0) is 14.3 Å². The number of aryl methyl sites for hydroxylation is 2. The van der Waals surface area contributed by atoms with Crippen molar-refractivity contribution in [2.45, 2.75) is 83.3 Å². The summed E-state index contributed by atoms with van der Waals surface area (Å²) < 4.78 is 6.00. The predicted octanol–water partition coefficient (Wildman–Crippen LogP) is 3.56. The van der Waals surface area contributed by atoms with Gasteiger partial charge >= 0.3 is 0 Å². The molecule has 1 aromatic carbocycles. The molecule has 1 atom stereocenters. The second kappa shape index (κ2) is 5.91. The Bertz CT molecular complexity index is 779. The zero-order valence-electron chi connectivity index (χ0n) is 16.3. The van der Waals surface area contributed by atoms with Crippen LogP contribution in [0.15, 0.2) is 6.07 Å². The van der Waals surface area contributed by atoms with Crippen LogP contribution in [0.5, 0.6) is 0 Å². The highest BCUT2D eigenvalue weighted by molar-refractivity contribution is 6.17. The molecule has 140 valence electrons. The second-order valence-corrected chi connectivity index (χ2v) is 8.68. The van der Waals surface area contributed by atoms with Gasteiger partial charge in [-0.2, -0.15) is 0 Å². The average Bonchev–Trinajstić information content (AvgIpc) is 3.15. The molecule has 26 heavy (non-hydrogen) atoms. The fraction of sp³-hybridized carbons (Fsp3) is 0.636. The van der Waals surface area contributed by atoms with Crippen LogP contribution in [0.4, 0.5) is 0 Å². The number of ether oxygens (including phenoxy) is 1. The number of rotatable bonds is 1. The smallest absolute Gasteiger partial charge is 0.235 e. The molecule has 1 aliphatic carbocycles. The molecule has 1 saturated carbocycles. The number of benzene rings is 1. The highest BCUT2D eigenvalue weighted by atomic mass is 16.5. The van der Waals surface area contributed by atoms with Crippen LogP contribution < -0.4 is 5.32 Å². The summed E-state index contributed by atoms with van der Waals surface area (Å²) in [5.41, 5.74) is 4.71. The average molecular weight is 355 g/mol. The van der Waals surface area contributed by atoms with E-state index in [0.717, 1.165) is 49.0 Å². The number of amides is 1. The van der Waals surface area contributed by atoms with Gasteiger partial charge in [-0.3, -0.25) is 9.59 Å². The fourth-order valence-corrected chi connectivity index (χ4v) is 5.43. The Balaban J connectivity index is 1.66. The summed E-state index contributed by atoms with van der Waals surface area (Å²) in [6.45, 7) is 9.04. The number of ketones is 1. The lowest BCUT2D eigenvalue weighted by Gasteiger charge is -2.41. The van der Waals surface area contributed by atoms with Crippen molar-refractivity contribution in [3.05, 3.63) is 33.9 Å². The molecule has 2 aliphatic heterocycles. The molecule has 1 N–H and O–H groups in total. The summed E-state index contributed by atoms with van der Waals surface area (Å²) in [7, 11) is 0. The molecule has 4 rings (SSSR count). The number of hydrogen-bond donors (Lipinski definition) is 1. The zero-order valence-corrected chi connectivity index (χ0v) is 16.3. The first kappa shape index (κ1) is 17.7. The van der Waals surface area contributed by atoms with E-state index >= 15 is 0 Å². The first-order valence-corrected chi connectivity index (χ1v) is 9.86. The van der Waals surface area contributed by atoms with Gasteiger partial charge in [-0.05, 0) is 94.0 Å². The van der Waals surface area contributed by atoms with E-state index in [9.17, 15) is 9.59 Å². The normalized spacial score (nSPS) is 34.1. The topological polar surface area (TPSA) is 55.4 Å². The predicted molar refractivity (Wildman–Crippen MR) is 100 cm³/mol. The summed E-state index contributed by atoms with van der Waals surface area (Å²) in [4.78, 5) is 26.4. The maximum absolute atomic E-state index is 13.5. The SMILES string of the molecule is Cc1cc(C)c(C2C(=O)NC3(CCC4(CCCO4)CC3)C2=O)c(C)c1C. The third-order valence-corrected chi connectivity index (χ3v) is 7.26. The van der Waals surface area contributed by atoms with Gasteiger partial charge in [0.2, 0.25) is 5.91 Å². The zero-order chi connectivity index (χ0) is 18.7. The second-order valence-electron chi connectivity index (χ2n) is 8.68. The summed E-state index contributed by atoms with van der Waals surface area (Å²) in [6, 6.07) is 2.10. The van der Waals surface area contributed by atoms with Crippen molar-refractivity contribution in [2.24, 2.45) is 0 Å². The number of carbonyl (C=O) groups is 2. The lowest BCUT2D eigenvalue weighted by atomic mass is 9.70. The van der Waals surface area contributed by atoms with Gasteiger partial charge in [0.25, 0.3) is 0 Å². The van der Waals surface area contributed by atoms with Crippen molar-refractivity contribution in [3.63, 3.8) is 0 Å². The molecule has 2 heterocycles. The van der Waals surface area contributed by atoms with E-state index in [1.54, 1.807) is 0 Å². The molecule has 2 saturated heterocycles. The Labute approximate surface area is 155 Å². The summed E-state index contributed by atoms with van der Waals surface area (Å²) in [6.07, 6.45) is 5.35. The Kier molecular flexibility index (Phi) is 4.03. The van der Waals surface area contributed by atoms with E-state index in [1.807, 2.05) is 13.8 Å². The maximum Gasteiger partial charge on any atom is 0.235 e. The minimum atomic E-state index is -0.684. The molecule has 4 nitrogen and oxygen atoms in total. The molecule has 3 aliphatic rings. The molecule has 3 fully saturated rings. The number of Topliss-reactive ketones (excluding diaryl/α,β-unsaturated/α-hetero) is 1. The molecular formula is C22H29NO3. The Morgan fingerprint density at radius 1 is 0.962 bits per heavy atom. The largest absolute Gasteiger partial charge is 0.375 e. The highest BCUT2D eigenvalue weighted by Crippen LogP contribution is 2.47. The van der Waals surface area contributed by atoms with Gasteiger partial charge in [0, 0.05) is 6.61 Å². The summed E-state index contributed by atoms with van der Waals surface area (Å²) >= 11 is 0. The number of hydrogen-bond acceptors (Lipinski definition) is 3. The van der Waals surface area contributed by atoms with Crippen molar-refractivity contribution in [1.82, 2.24) is 5.32 Å². The summed E-state index contributed by atoms with van der Waals surface area (Å²) in [5, 5.41) is 3.12. The van der Waals surface area contributed by atoms with Crippen LogP contribution in [0.2, 0.25) is 0 Å². The van der Waals surface area contributed by atoms with Gasteiger partial charge in [-0.15, -0.1) is 0 Å². The van der Waals surface area contributed by atoms with Crippen LogP contribution >= 0.6 is 0 Å². The van der Waals surface area contributed by atoms with Gasteiger partial charge < -0.3 is 10.1 Å². The molecule has 0 bridgehead atoms. The Morgan fingerprint density at radius 3 is 2.27 bits per heavy atom. The van der Waals surface area contributed by atoms with Crippen LogP contribution in [0.3, 0.4) is 0 Å². The van der Waals surface area contributed by atoms with Crippen molar-refractivity contribution < 1.29 is 14.3 Å². The lowest BCUT2D eigenvalue weighted by molar-refractivity contribution is -0.127. The van der Waals surface area contributed by atoms with E-state index in [1.165, 1.54) is 11.1 Å². The first-order chi connectivity index (χ1) is 12.3. The maximum atomic E-state index is 13.5.